The molecule has 2 aromatic heterocycles. The number of furan rings is 1. The third kappa shape index (κ3) is 2.54. The third-order valence-corrected chi connectivity index (χ3v) is 3.54. The quantitative estimate of drug-likeness (QED) is 0.774. The number of aromatic nitrogens is 4. The van der Waals surface area contributed by atoms with E-state index in [1.807, 2.05) is 0 Å². The molecule has 11 heteroatoms. The topological polar surface area (TPSA) is 140 Å². The van der Waals surface area contributed by atoms with Crippen LogP contribution >= 0.6 is 0 Å². The molecule has 0 aliphatic heterocycles. The van der Waals surface area contributed by atoms with E-state index in [9.17, 15) is 13.2 Å². The van der Waals surface area contributed by atoms with Gasteiger partial charge >= 0.3 is 5.97 Å². The molecular formula is C8H9N5O5S. The number of carboxylic acids is 1. The Bertz CT molecular complexity index is 731. The molecule has 2 N–H and O–H groups in total. The number of hydrogen-bond acceptors (Lipinski definition) is 7. The van der Waals surface area contributed by atoms with Crippen molar-refractivity contribution in [3.8, 4) is 0 Å². The van der Waals surface area contributed by atoms with Crippen molar-refractivity contribution in [3.05, 3.63) is 17.6 Å². The van der Waals surface area contributed by atoms with Crippen LogP contribution in [0.15, 0.2) is 15.4 Å². The van der Waals surface area contributed by atoms with Crippen molar-refractivity contribution in [1.82, 2.24) is 20.2 Å². The Balaban J connectivity index is 2.37. The van der Waals surface area contributed by atoms with Crippen molar-refractivity contribution in [2.75, 3.05) is 4.72 Å². The summed E-state index contributed by atoms with van der Waals surface area (Å²) in [6, 6.07) is 0.913. The summed E-state index contributed by atoms with van der Waals surface area (Å²) in [5.74, 6) is -2.10. The van der Waals surface area contributed by atoms with Crippen LogP contribution in [0.5, 0.6) is 0 Å². The normalized spacial score (nSPS) is 11.5. The molecule has 2 aromatic rings. The lowest BCUT2D eigenvalue weighted by atomic mass is 10.4. The first kappa shape index (κ1) is 13.0. The SMILES string of the molecule is Cc1oc(C(=O)O)cc1S(=O)(=O)Nc1nnn(C)n1. The van der Waals surface area contributed by atoms with Crippen LogP contribution in [0.4, 0.5) is 5.95 Å². The number of tetrazole rings is 1. The van der Waals surface area contributed by atoms with E-state index in [0.29, 0.717) is 0 Å². The first-order chi connectivity index (χ1) is 8.79. The largest absolute Gasteiger partial charge is 0.475 e. The maximum Gasteiger partial charge on any atom is 0.371 e. The van der Waals surface area contributed by atoms with Crippen molar-refractivity contribution in [2.24, 2.45) is 7.05 Å². The molecule has 2 rings (SSSR count). The summed E-state index contributed by atoms with van der Waals surface area (Å²) in [5, 5.41) is 19.3. The van der Waals surface area contributed by atoms with Crippen molar-refractivity contribution in [1.29, 1.82) is 0 Å². The zero-order chi connectivity index (χ0) is 14.2. The van der Waals surface area contributed by atoms with Gasteiger partial charge in [-0.1, -0.05) is 5.10 Å². The van der Waals surface area contributed by atoms with E-state index in [0.717, 1.165) is 10.9 Å². The van der Waals surface area contributed by atoms with E-state index in [4.69, 9.17) is 9.52 Å². The third-order valence-electron chi connectivity index (χ3n) is 2.11. The summed E-state index contributed by atoms with van der Waals surface area (Å²) in [6.45, 7) is 1.34. The summed E-state index contributed by atoms with van der Waals surface area (Å²) >= 11 is 0. The van der Waals surface area contributed by atoms with Crippen LogP contribution in [0, 0.1) is 6.92 Å². The van der Waals surface area contributed by atoms with Gasteiger partial charge in [-0.15, -0.1) is 5.10 Å². The average molecular weight is 287 g/mol. The van der Waals surface area contributed by atoms with Gasteiger partial charge in [-0.2, -0.15) is 4.80 Å². The Morgan fingerprint density at radius 3 is 2.68 bits per heavy atom. The van der Waals surface area contributed by atoms with Gasteiger partial charge in [0.1, 0.15) is 10.7 Å². The van der Waals surface area contributed by atoms with Crippen LogP contribution in [0.2, 0.25) is 0 Å². The fourth-order valence-electron chi connectivity index (χ4n) is 1.34. The highest BCUT2D eigenvalue weighted by molar-refractivity contribution is 7.92. The Morgan fingerprint density at radius 2 is 2.21 bits per heavy atom. The zero-order valence-electron chi connectivity index (χ0n) is 9.85. The number of nitrogens with one attached hydrogen (secondary N) is 1. The van der Waals surface area contributed by atoms with Crippen LogP contribution in [0.1, 0.15) is 16.3 Å². The fraction of sp³-hybridized carbons (Fsp3) is 0.250. The predicted molar refractivity (Wildman–Crippen MR) is 60.0 cm³/mol. The zero-order valence-corrected chi connectivity index (χ0v) is 10.7. The second-order valence-corrected chi connectivity index (χ2v) is 5.20. The number of nitrogens with zero attached hydrogens (tertiary/aromatic N) is 4. The molecule has 0 atom stereocenters. The summed E-state index contributed by atoms with van der Waals surface area (Å²) in [7, 11) is -2.56. The van der Waals surface area contributed by atoms with E-state index in [-0.39, 0.29) is 16.6 Å². The van der Waals surface area contributed by atoms with Gasteiger partial charge in [0.15, 0.2) is 0 Å². The van der Waals surface area contributed by atoms with Gasteiger partial charge in [-0.3, -0.25) is 0 Å². The summed E-state index contributed by atoms with van der Waals surface area (Å²) in [5.41, 5.74) is 0. The monoisotopic (exact) mass is 287 g/mol. The molecule has 0 spiro atoms. The van der Waals surface area contributed by atoms with E-state index in [1.54, 1.807) is 0 Å². The van der Waals surface area contributed by atoms with Crippen LogP contribution in [-0.2, 0) is 17.1 Å². The first-order valence-electron chi connectivity index (χ1n) is 4.90. The molecule has 0 fully saturated rings. The highest BCUT2D eigenvalue weighted by Gasteiger charge is 2.25. The number of rotatable bonds is 4. The summed E-state index contributed by atoms with van der Waals surface area (Å²) < 4.78 is 30.9. The summed E-state index contributed by atoms with van der Waals surface area (Å²) in [4.78, 5) is 11.5. The number of aromatic carboxylic acids is 1. The number of carboxylic acid groups (broad SMARTS) is 1. The number of anilines is 1. The molecule has 10 nitrogen and oxygen atoms in total. The van der Waals surface area contributed by atoms with Crippen LogP contribution < -0.4 is 4.72 Å². The lowest BCUT2D eigenvalue weighted by Crippen LogP contribution is -2.14. The van der Waals surface area contributed by atoms with Gasteiger partial charge in [-0.25, -0.2) is 17.9 Å². The minimum Gasteiger partial charge on any atom is -0.475 e. The lowest BCUT2D eigenvalue weighted by Gasteiger charge is -2.01. The molecule has 0 aromatic carbocycles. The molecule has 2 heterocycles. The minimum absolute atomic E-state index is 0.0474. The van der Waals surface area contributed by atoms with Crippen molar-refractivity contribution in [3.63, 3.8) is 0 Å². The van der Waals surface area contributed by atoms with Gasteiger partial charge in [0.25, 0.3) is 16.0 Å². The fourth-order valence-corrected chi connectivity index (χ4v) is 2.45. The van der Waals surface area contributed by atoms with Crippen molar-refractivity contribution >= 4 is 21.9 Å². The number of carbonyl (C=O) groups is 1. The van der Waals surface area contributed by atoms with E-state index in [1.165, 1.54) is 14.0 Å². The second kappa shape index (κ2) is 4.35. The molecule has 19 heavy (non-hydrogen) atoms. The standard InChI is InChI=1S/C8H9N5O5S/c1-4-6(3-5(18-4)7(14)15)19(16,17)11-8-9-12-13(2)10-8/h3H,1-2H3,(H,10,11)(H,14,15). The molecule has 0 aliphatic carbocycles. The van der Waals surface area contributed by atoms with E-state index >= 15 is 0 Å². The van der Waals surface area contributed by atoms with Gasteiger partial charge in [0.05, 0.1) is 7.05 Å². The Labute approximate surface area is 107 Å². The predicted octanol–water partition coefficient (Wildman–Crippen LogP) is -0.389. The number of hydrogen-bond donors (Lipinski definition) is 2. The second-order valence-electron chi connectivity index (χ2n) is 3.54. The Morgan fingerprint density at radius 1 is 1.53 bits per heavy atom. The van der Waals surface area contributed by atoms with Crippen LogP contribution in [0.3, 0.4) is 0 Å². The van der Waals surface area contributed by atoms with Crippen LogP contribution in [0.25, 0.3) is 0 Å². The smallest absolute Gasteiger partial charge is 0.371 e. The van der Waals surface area contributed by atoms with Gasteiger partial charge in [-0.05, 0) is 12.1 Å². The molecule has 102 valence electrons. The first-order valence-corrected chi connectivity index (χ1v) is 6.38. The Hall–Kier alpha value is -2.43. The van der Waals surface area contributed by atoms with Gasteiger partial charge < -0.3 is 9.52 Å². The Kier molecular flexibility index (Phi) is 2.98. The molecule has 0 saturated heterocycles. The highest BCUT2D eigenvalue weighted by Crippen LogP contribution is 2.21. The molecule has 0 radical (unpaired) electrons. The minimum atomic E-state index is -4.03. The average Bonchev–Trinajstić information content (AvgIpc) is 2.85. The molecule has 0 unspecified atom stereocenters. The number of sulfonamides is 1. The molecule has 0 aliphatic rings. The van der Waals surface area contributed by atoms with Crippen molar-refractivity contribution < 1.29 is 22.7 Å². The van der Waals surface area contributed by atoms with Crippen molar-refractivity contribution in [2.45, 2.75) is 11.8 Å². The number of aryl methyl sites for hydroxylation is 2. The van der Waals surface area contributed by atoms with E-state index < -0.39 is 21.8 Å². The highest BCUT2D eigenvalue weighted by atomic mass is 32.2. The van der Waals surface area contributed by atoms with Crippen LogP contribution in [-0.4, -0.2) is 39.7 Å². The maximum atomic E-state index is 12.0. The molecular weight excluding hydrogens is 278 g/mol. The van der Waals surface area contributed by atoms with Gasteiger partial charge in [0, 0.05) is 6.07 Å². The molecule has 0 amide bonds. The summed E-state index contributed by atoms with van der Waals surface area (Å²) in [6.07, 6.45) is 0. The van der Waals surface area contributed by atoms with E-state index in [2.05, 4.69) is 20.1 Å². The lowest BCUT2D eigenvalue weighted by molar-refractivity contribution is 0.0661. The maximum absolute atomic E-state index is 12.0. The van der Waals surface area contributed by atoms with Gasteiger partial charge in [0.2, 0.25) is 5.76 Å². The molecule has 0 bridgehead atoms. The molecule has 0 saturated carbocycles.